The van der Waals surface area contributed by atoms with Gasteiger partial charge in [-0.1, -0.05) is 6.07 Å². The predicted molar refractivity (Wildman–Crippen MR) is 70.7 cm³/mol. The lowest BCUT2D eigenvalue weighted by atomic mass is 9.97. The minimum atomic E-state index is 0.0760. The molecule has 1 atom stereocenters. The van der Waals surface area contributed by atoms with Crippen molar-refractivity contribution in [3.8, 4) is 5.75 Å². The molecule has 1 aromatic carbocycles. The van der Waals surface area contributed by atoms with Gasteiger partial charge in [-0.25, -0.2) is 0 Å². The number of methoxy groups -OCH3 is 1. The average Bonchev–Trinajstić information content (AvgIpc) is 2.46. The number of rotatable bonds is 3. The molecule has 2 rings (SSSR count). The normalized spacial score (nSPS) is 19.7. The van der Waals surface area contributed by atoms with Crippen LogP contribution in [-0.4, -0.2) is 37.6 Å². The number of hydrogen-bond donors (Lipinski definition) is 1. The summed E-state index contributed by atoms with van der Waals surface area (Å²) in [5.74, 6) is 1.23. The first-order valence-electron chi connectivity index (χ1n) is 6.38. The van der Waals surface area contributed by atoms with Crippen molar-refractivity contribution >= 4 is 5.91 Å². The summed E-state index contributed by atoms with van der Waals surface area (Å²) in [5, 5.41) is 0. The van der Waals surface area contributed by atoms with E-state index in [4.69, 9.17) is 10.5 Å². The number of nitrogens with zero attached hydrogens (tertiary/aromatic N) is 1. The Bertz CT molecular complexity index is 420. The number of piperidine rings is 1. The molecule has 0 spiro atoms. The van der Waals surface area contributed by atoms with E-state index in [0.717, 1.165) is 25.9 Å². The molecule has 0 aliphatic carbocycles. The fraction of sp³-hybridized carbons (Fsp3) is 0.500. The molecule has 1 aromatic rings. The van der Waals surface area contributed by atoms with Crippen molar-refractivity contribution in [1.29, 1.82) is 0 Å². The van der Waals surface area contributed by atoms with Gasteiger partial charge < -0.3 is 15.4 Å². The van der Waals surface area contributed by atoms with Crippen LogP contribution < -0.4 is 10.5 Å². The summed E-state index contributed by atoms with van der Waals surface area (Å²) in [6.45, 7) is 2.25. The molecular formula is C14H20N2O2. The fourth-order valence-corrected chi connectivity index (χ4v) is 2.38. The van der Waals surface area contributed by atoms with Gasteiger partial charge in [-0.2, -0.15) is 0 Å². The lowest BCUT2D eigenvalue weighted by Crippen LogP contribution is -2.42. The second-order valence-corrected chi connectivity index (χ2v) is 4.73. The molecule has 18 heavy (non-hydrogen) atoms. The van der Waals surface area contributed by atoms with Crippen LogP contribution in [0.5, 0.6) is 5.75 Å². The molecule has 0 radical (unpaired) electrons. The Labute approximate surface area is 108 Å². The molecule has 0 aromatic heterocycles. The highest BCUT2D eigenvalue weighted by Crippen LogP contribution is 2.19. The summed E-state index contributed by atoms with van der Waals surface area (Å²) in [7, 11) is 1.61. The smallest absolute Gasteiger partial charge is 0.253 e. The van der Waals surface area contributed by atoms with Crippen molar-refractivity contribution in [2.45, 2.75) is 12.8 Å². The number of ether oxygens (including phenoxy) is 1. The third-order valence-corrected chi connectivity index (χ3v) is 3.46. The molecule has 1 fully saturated rings. The van der Waals surface area contributed by atoms with Gasteiger partial charge in [0, 0.05) is 18.7 Å². The van der Waals surface area contributed by atoms with Gasteiger partial charge in [0.25, 0.3) is 5.91 Å². The minimum absolute atomic E-state index is 0.0760. The summed E-state index contributed by atoms with van der Waals surface area (Å²) in [5.41, 5.74) is 6.38. The number of amides is 1. The maximum absolute atomic E-state index is 12.4. The summed E-state index contributed by atoms with van der Waals surface area (Å²) in [6.07, 6.45) is 2.16. The van der Waals surface area contributed by atoms with E-state index in [1.165, 1.54) is 0 Å². The van der Waals surface area contributed by atoms with Gasteiger partial charge in [-0.3, -0.25) is 4.79 Å². The van der Waals surface area contributed by atoms with Crippen LogP contribution in [0.1, 0.15) is 23.2 Å². The van der Waals surface area contributed by atoms with Gasteiger partial charge >= 0.3 is 0 Å². The maximum Gasteiger partial charge on any atom is 0.253 e. The van der Waals surface area contributed by atoms with E-state index in [2.05, 4.69) is 0 Å². The van der Waals surface area contributed by atoms with Crippen molar-refractivity contribution < 1.29 is 9.53 Å². The number of benzene rings is 1. The standard InChI is InChI=1S/C14H20N2O2/c1-18-13-6-2-5-12(8-13)14(17)16-7-3-4-11(9-15)10-16/h2,5-6,8,11H,3-4,7,9-10,15H2,1H3. The largest absolute Gasteiger partial charge is 0.497 e. The van der Waals surface area contributed by atoms with Crippen LogP contribution in [0.3, 0.4) is 0 Å². The highest BCUT2D eigenvalue weighted by molar-refractivity contribution is 5.94. The molecule has 1 unspecified atom stereocenters. The first-order chi connectivity index (χ1) is 8.74. The van der Waals surface area contributed by atoms with Crippen LogP contribution in [0.15, 0.2) is 24.3 Å². The Kier molecular flexibility index (Phi) is 4.20. The molecule has 4 heteroatoms. The van der Waals surface area contributed by atoms with E-state index in [-0.39, 0.29) is 5.91 Å². The van der Waals surface area contributed by atoms with Crippen LogP contribution in [0, 0.1) is 5.92 Å². The molecule has 4 nitrogen and oxygen atoms in total. The van der Waals surface area contributed by atoms with Gasteiger partial charge in [0.2, 0.25) is 0 Å². The molecule has 1 aliphatic heterocycles. The Balaban J connectivity index is 2.10. The monoisotopic (exact) mass is 248 g/mol. The highest BCUT2D eigenvalue weighted by Gasteiger charge is 2.23. The van der Waals surface area contributed by atoms with E-state index in [1.54, 1.807) is 13.2 Å². The zero-order valence-electron chi connectivity index (χ0n) is 10.8. The van der Waals surface area contributed by atoms with E-state index >= 15 is 0 Å². The number of hydrogen-bond acceptors (Lipinski definition) is 3. The Morgan fingerprint density at radius 3 is 3.11 bits per heavy atom. The van der Waals surface area contributed by atoms with Crippen LogP contribution in [0.25, 0.3) is 0 Å². The van der Waals surface area contributed by atoms with E-state index in [9.17, 15) is 4.79 Å². The quantitative estimate of drug-likeness (QED) is 0.882. The molecule has 1 heterocycles. The SMILES string of the molecule is COc1cccc(C(=O)N2CCCC(CN)C2)c1. The summed E-state index contributed by atoms with van der Waals surface area (Å²) in [6, 6.07) is 7.30. The van der Waals surface area contributed by atoms with Crippen molar-refractivity contribution in [2.75, 3.05) is 26.7 Å². The second kappa shape index (κ2) is 5.87. The van der Waals surface area contributed by atoms with Crippen molar-refractivity contribution in [2.24, 2.45) is 11.7 Å². The number of carbonyl (C=O) groups is 1. The van der Waals surface area contributed by atoms with Crippen molar-refractivity contribution in [3.05, 3.63) is 29.8 Å². The van der Waals surface area contributed by atoms with Crippen LogP contribution in [0.2, 0.25) is 0 Å². The maximum atomic E-state index is 12.4. The van der Waals surface area contributed by atoms with Crippen LogP contribution >= 0.6 is 0 Å². The van der Waals surface area contributed by atoms with Crippen molar-refractivity contribution in [3.63, 3.8) is 0 Å². The lowest BCUT2D eigenvalue weighted by molar-refractivity contribution is 0.0678. The van der Waals surface area contributed by atoms with Gasteiger partial charge in [-0.15, -0.1) is 0 Å². The summed E-state index contributed by atoms with van der Waals surface area (Å²) in [4.78, 5) is 14.3. The van der Waals surface area contributed by atoms with Crippen LogP contribution in [-0.2, 0) is 0 Å². The number of nitrogens with two attached hydrogens (primary N) is 1. The van der Waals surface area contributed by atoms with E-state index < -0.39 is 0 Å². The highest BCUT2D eigenvalue weighted by atomic mass is 16.5. The van der Waals surface area contributed by atoms with Gasteiger partial charge in [-0.05, 0) is 43.5 Å². The molecule has 98 valence electrons. The second-order valence-electron chi connectivity index (χ2n) is 4.73. The third-order valence-electron chi connectivity index (χ3n) is 3.46. The molecule has 0 bridgehead atoms. The number of likely N-dealkylation sites (tertiary alicyclic amines) is 1. The van der Waals surface area contributed by atoms with Crippen LogP contribution in [0.4, 0.5) is 0 Å². The molecular weight excluding hydrogens is 228 g/mol. The topological polar surface area (TPSA) is 55.6 Å². The minimum Gasteiger partial charge on any atom is -0.497 e. The average molecular weight is 248 g/mol. The zero-order chi connectivity index (χ0) is 13.0. The van der Waals surface area contributed by atoms with E-state index in [1.807, 2.05) is 23.1 Å². The van der Waals surface area contributed by atoms with E-state index in [0.29, 0.717) is 23.8 Å². The van der Waals surface area contributed by atoms with Gasteiger partial charge in [0.1, 0.15) is 5.75 Å². The zero-order valence-corrected chi connectivity index (χ0v) is 10.8. The first-order valence-corrected chi connectivity index (χ1v) is 6.38. The lowest BCUT2D eigenvalue weighted by Gasteiger charge is -2.32. The molecule has 1 saturated heterocycles. The summed E-state index contributed by atoms with van der Waals surface area (Å²) >= 11 is 0. The molecule has 2 N–H and O–H groups in total. The summed E-state index contributed by atoms with van der Waals surface area (Å²) < 4.78 is 5.14. The van der Waals surface area contributed by atoms with Gasteiger partial charge in [0.05, 0.1) is 7.11 Å². The molecule has 1 aliphatic rings. The Hall–Kier alpha value is -1.55. The fourth-order valence-electron chi connectivity index (χ4n) is 2.38. The van der Waals surface area contributed by atoms with Crippen molar-refractivity contribution in [1.82, 2.24) is 4.90 Å². The Morgan fingerprint density at radius 2 is 2.39 bits per heavy atom. The third kappa shape index (κ3) is 2.82. The molecule has 0 saturated carbocycles. The number of carbonyl (C=O) groups excluding carboxylic acids is 1. The predicted octanol–water partition coefficient (Wildman–Crippen LogP) is 1.51. The van der Waals surface area contributed by atoms with Gasteiger partial charge in [0.15, 0.2) is 0 Å². The Morgan fingerprint density at radius 1 is 1.56 bits per heavy atom. The molecule has 1 amide bonds. The first kappa shape index (κ1) is 12.9.